The van der Waals surface area contributed by atoms with Crippen molar-refractivity contribution >= 4 is 0 Å². The van der Waals surface area contributed by atoms with Gasteiger partial charge in [-0.15, -0.1) is 0 Å². The van der Waals surface area contributed by atoms with E-state index in [2.05, 4.69) is 0 Å². The SMILES string of the molecule is CCOCC(O)COc1cccc(OCC(O)CC)c1. The first-order valence-corrected chi connectivity index (χ1v) is 6.95. The molecule has 2 unspecified atom stereocenters. The quantitative estimate of drug-likeness (QED) is 0.683. The molecule has 20 heavy (non-hydrogen) atoms. The van der Waals surface area contributed by atoms with E-state index >= 15 is 0 Å². The standard InChI is InChI=1S/C15H24O5/c1-3-12(16)10-19-14-6-5-7-15(8-14)20-11-13(17)9-18-4-2/h5-8,12-13,16-17H,3-4,9-11H2,1-2H3. The van der Waals surface area contributed by atoms with Gasteiger partial charge in [-0.05, 0) is 25.5 Å². The first-order valence-electron chi connectivity index (χ1n) is 6.95. The molecule has 0 saturated carbocycles. The van der Waals surface area contributed by atoms with Crippen molar-refractivity contribution in [1.29, 1.82) is 0 Å². The molecule has 5 nitrogen and oxygen atoms in total. The minimum Gasteiger partial charge on any atom is -0.491 e. The second-order valence-corrected chi connectivity index (χ2v) is 4.47. The minimum atomic E-state index is -0.651. The first kappa shape index (κ1) is 16.8. The molecule has 0 heterocycles. The van der Waals surface area contributed by atoms with Crippen molar-refractivity contribution in [2.24, 2.45) is 0 Å². The van der Waals surface area contributed by atoms with Crippen LogP contribution in [0.3, 0.4) is 0 Å². The third kappa shape index (κ3) is 6.75. The molecule has 1 aromatic carbocycles. The van der Waals surface area contributed by atoms with E-state index in [1.807, 2.05) is 13.8 Å². The Morgan fingerprint density at radius 3 is 2.10 bits per heavy atom. The van der Waals surface area contributed by atoms with Crippen LogP contribution in [-0.2, 0) is 4.74 Å². The van der Waals surface area contributed by atoms with Gasteiger partial charge in [0.2, 0.25) is 0 Å². The average Bonchev–Trinajstić information content (AvgIpc) is 2.48. The van der Waals surface area contributed by atoms with Crippen LogP contribution in [0.4, 0.5) is 0 Å². The van der Waals surface area contributed by atoms with Gasteiger partial charge in [-0.3, -0.25) is 0 Å². The van der Waals surface area contributed by atoms with E-state index in [9.17, 15) is 10.2 Å². The third-order valence-corrected chi connectivity index (χ3v) is 2.68. The summed E-state index contributed by atoms with van der Waals surface area (Å²) >= 11 is 0. The summed E-state index contributed by atoms with van der Waals surface area (Å²) in [6.45, 7) is 5.02. The fourth-order valence-electron chi connectivity index (χ4n) is 1.46. The monoisotopic (exact) mass is 284 g/mol. The van der Waals surface area contributed by atoms with Gasteiger partial charge in [-0.2, -0.15) is 0 Å². The zero-order valence-corrected chi connectivity index (χ0v) is 12.1. The van der Waals surface area contributed by atoms with Crippen molar-refractivity contribution in [3.63, 3.8) is 0 Å². The smallest absolute Gasteiger partial charge is 0.123 e. The molecule has 0 bridgehead atoms. The highest BCUT2D eigenvalue weighted by Gasteiger charge is 2.06. The van der Waals surface area contributed by atoms with Crippen LogP contribution in [0.15, 0.2) is 24.3 Å². The minimum absolute atomic E-state index is 0.168. The number of hydrogen-bond acceptors (Lipinski definition) is 5. The predicted octanol–water partition coefficient (Wildman–Crippen LogP) is 1.61. The Bertz CT molecular complexity index is 369. The molecule has 2 N–H and O–H groups in total. The topological polar surface area (TPSA) is 68.2 Å². The maximum Gasteiger partial charge on any atom is 0.123 e. The molecule has 0 aliphatic carbocycles. The molecule has 5 heteroatoms. The van der Waals surface area contributed by atoms with E-state index in [4.69, 9.17) is 14.2 Å². The molecule has 0 aliphatic rings. The number of aliphatic hydroxyl groups excluding tert-OH is 2. The van der Waals surface area contributed by atoms with Gasteiger partial charge in [0.25, 0.3) is 0 Å². The fourth-order valence-corrected chi connectivity index (χ4v) is 1.46. The summed E-state index contributed by atoms with van der Waals surface area (Å²) in [6, 6.07) is 7.12. The molecule has 0 radical (unpaired) electrons. The second-order valence-electron chi connectivity index (χ2n) is 4.47. The summed E-state index contributed by atoms with van der Waals surface area (Å²) in [4.78, 5) is 0. The van der Waals surface area contributed by atoms with Gasteiger partial charge in [-0.1, -0.05) is 13.0 Å². The molecule has 0 saturated heterocycles. The van der Waals surface area contributed by atoms with Crippen molar-refractivity contribution in [3.8, 4) is 11.5 Å². The maximum absolute atomic E-state index is 9.60. The zero-order valence-electron chi connectivity index (χ0n) is 12.1. The van der Waals surface area contributed by atoms with Gasteiger partial charge in [0.15, 0.2) is 0 Å². The van der Waals surface area contributed by atoms with Crippen LogP contribution in [0, 0.1) is 0 Å². The number of benzene rings is 1. The largest absolute Gasteiger partial charge is 0.491 e. The average molecular weight is 284 g/mol. The molecule has 2 atom stereocenters. The molecule has 0 fully saturated rings. The molecule has 1 rings (SSSR count). The van der Waals surface area contributed by atoms with Crippen molar-refractivity contribution in [2.75, 3.05) is 26.4 Å². The summed E-state index contributed by atoms with van der Waals surface area (Å²) in [6.07, 6.45) is -0.464. The van der Waals surface area contributed by atoms with Crippen LogP contribution in [-0.4, -0.2) is 48.8 Å². The molecular weight excluding hydrogens is 260 g/mol. The lowest BCUT2D eigenvalue weighted by atomic mass is 10.3. The van der Waals surface area contributed by atoms with Gasteiger partial charge in [-0.25, -0.2) is 0 Å². The summed E-state index contributed by atoms with van der Waals surface area (Å²) in [5.74, 6) is 1.25. The molecule has 0 aliphatic heterocycles. The lowest BCUT2D eigenvalue weighted by Gasteiger charge is -2.14. The number of ether oxygens (including phenoxy) is 3. The van der Waals surface area contributed by atoms with Gasteiger partial charge in [0.1, 0.15) is 30.8 Å². The highest BCUT2D eigenvalue weighted by molar-refractivity contribution is 5.32. The number of aliphatic hydroxyl groups is 2. The Hall–Kier alpha value is -1.30. The molecule has 0 amide bonds. The lowest BCUT2D eigenvalue weighted by molar-refractivity contribution is 0.0164. The van der Waals surface area contributed by atoms with Gasteiger partial charge < -0.3 is 24.4 Å². The van der Waals surface area contributed by atoms with E-state index < -0.39 is 12.2 Å². The van der Waals surface area contributed by atoms with E-state index in [0.717, 1.165) is 0 Å². The van der Waals surface area contributed by atoms with E-state index in [1.165, 1.54) is 0 Å². The third-order valence-electron chi connectivity index (χ3n) is 2.68. The predicted molar refractivity (Wildman–Crippen MR) is 76.2 cm³/mol. The summed E-state index contributed by atoms with van der Waals surface area (Å²) in [7, 11) is 0. The Morgan fingerprint density at radius 2 is 1.55 bits per heavy atom. The normalized spacial score (nSPS) is 13.8. The van der Waals surface area contributed by atoms with Crippen molar-refractivity contribution < 1.29 is 24.4 Å². The van der Waals surface area contributed by atoms with Crippen LogP contribution in [0.2, 0.25) is 0 Å². The second kappa shape index (κ2) is 9.58. The van der Waals surface area contributed by atoms with Crippen molar-refractivity contribution in [2.45, 2.75) is 32.5 Å². The van der Waals surface area contributed by atoms with Crippen molar-refractivity contribution in [3.05, 3.63) is 24.3 Å². The fraction of sp³-hybridized carbons (Fsp3) is 0.600. The summed E-state index contributed by atoms with van der Waals surface area (Å²) in [5, 5.41) is 19.0. The van der Waals surface area contributed by atoms with E-state index in [1.54, 1.807) is 24.3 Å². The number of rotatable bonds is 10. The number of hydrogen-bond donors (Lipinski definition) is 2. The van der Waals surface area contributed by atoms with Crippen LogP contribution < -0.4 is 9.47 Å². The van der Waals surface area contributed by atoms with Crippen molar-refractivity contribution in [1.82, 2.24) is 0 Å². The molecule has 1 aromatic rings. The van der Waals surface area contributed by atoms with Gasteiger partial charge >= 0.3 is 0 Å². The van der Waals surface area contributed by atoms with Gasteiger partial charge in [0.05, 0.1) is 12.7 Å². The zero-order chi connectivity index (χ0) is 14.8. The highest BCUT2D eigenvalue weighted by Crippen LogP contribution is 2.19. The lowest BCUT2D eigenvalue weighted by Crippen LogP contribution is -2.23. The Morgan fingerprint density at radius 1 is 0.950 bits per heavy atom. The Balaban J connectivity index is 2.39. The Labute approximate surface area is 120 Å². The van der Waals surface area contributed by atoms with Crippen LogP contribution in [0.1, 0.15) is 20.3 Å². The maximum atomic E-state index is 9.60. The Kier molecular flexibility index (Phi) is 8.02. The van der Waals surface area contributed by atoms with E-state index in [-0.39, 0.29) is 19.8 Å². The van der Waals surface area contributed by atoms with Gasteiger partial charge in [0, 0.05) is 12.7 Å². The van der Waals surface area contributed by atoms with Crippen LogP contribution in [0.25, 0.3) is 0 Å². The molecule has 0 aromatic heterocycles. The van der Waals surface area contributed by atoms with E-state index in [0.29, 0.717) is 24.5 Å². The molecular formula is C15H24O5. The highest BCUT2D eigenvalue weighted by atomic mass is 16.5. The van der Waals surface area contributed by atoms with Crippen LogP contribution >= 0.6 is 0 Å². The van der Waals surface area contributed by atoms with Crippen LogP contribution in [0.5, 0.6) is 11.5 Å². The molecule has 114 valence electrons. The molecule has 0 spiro atoms. The summed E-state index contributed by atoms with van der Waals surface area (Å²) in [5.41, 5.74) is 0. The first-order chi connectivity index (χ1) is 9.65. The summed E-state index contributed by atoms with van der Waals surface area (Å²) < 4.78 is 16.0.